The quantitative estimate of drug-likeness (QED) is 0.648. The fourth-order valence-corrected chi connectivity index (χ4v) is 4.55. The first-order valence-electron chi connectivity index (χ1n) is 9.49. The van der Waals surface area contributed by atoms with E-state index < -0.39 is 0 Å². The molecule has 1 aliphatic rings. The van der Waals surface area contributed by atoms with Crippen LogP contribution in [0.5, 0.6) is 0 Å². The number of amides is 2. The third kappa shape index (κ3) is 4.36. The number of halogens is 1. The summed E-state index contributed by atoms with van der Waals surface area (Å²) in [6, 6.07) is 12.8. The Labute approximate surface area is 175 Å². The van der Waals surface area contributed by atoms with Gasteiger partial charge in [0.05, 0.1) is 16.8 Å². The van der Waals surface area contributed by atoms with E-state index >= 15 is 0 Å². The molecular weight excluding hydrogens is 392 g/mol. The van der Waals surface area contributed by atoms with Crippen molar-refractivity contribution < 1.29 is 9.59 Å². The second kappa shape index (κ2) is 9.01. The number of nitrogens with one attached hydrogen (secondary N) is 1. The van der Waals surface area contributed by atoms with Crippen molar-refractivity contribution in [2.45, 2.75) is 50.1 Å². The summed E-state index contributed by atoms with van der Waals surface area (Å²) in [4.78, 5) is 29.0. The second-order valence-corrected chi connectivity index (χ2v) is 8.47. The summed E-state index contributed by atoms with van der Waals surface area (Å²) in [7, 11) is 0. The highest BCUT2D eigenvalue weighted by Gasteiger charge is 2.31. The SMILES string of the molecule is CSc1ccccc1C(=O)Nc1ccc(Cl)cc1C(=O)N1C(C)CCCC1C. The van der Waals surface area contributed by atoms with Gasteiger partial charge in [-0.25, -0.2) is 0 Å². The first-order valence-corrected chi connectivity index (χ1v) is 11.1. The zero-order valence-electron chi connectivity index (χ0n) is 16.4. The molecule has 1 saturated heterocycles. The van der Waals surface area contributed by atoms with Crippen molar-refractivity contribution in [2.24, 2.45) is 0 Å². The molecule has 0 aromatic heterocycles. The molecule has 1 N–H and O–H groups in total. The Bertz CT molecular complexity index is 877. The maximum absolute atomic E-state index is 13.3. The molecule has 28 heavy (non-hydrogen) atoms. The third-order valence-corrected chi connectivity index (χ3v) is 6.27. The van der Waals surface area contributed by atoms with E-state index in [-0.39, 0.29) is 23.9 Å². The van der Waals surface area contributed by atoms with Crippen molar-refractivity contribution in [3.63, 3.8) is 0 Å². The molecule has 2 amide bonds. The van der Waals surface area contributed by atoms with Crippen molar-refractivity contribution in [1.29, 1.82) is 0 Å². The van der Waals surface area contributed by atoms with Crippen LogP contribution < -0.4 is 5.32 Å². The molecule has 148 valence electrons. The van der Waals surface area contributed by atoms with Crippen LogP contribution in [0.3, 0.4) is 0 Å². The Morgan fingerprint density at radius 2 is 1.75 bits per heavy atom. The van der Waals surface area contributed by atoms with Gasteiger partial charge < -0.3 is 10.2 Å². The van der Waals surface area contributed by atoms with Gasteiger partial charge in [0.1, 0.15) is 0 Å². The molecule has 6 heteroatoms. The van der Waals surface area contributed by atoms with E-state index in [1.54, 1.807) is 24.3 Å². The lowest BCUT2D eigenvalue weighted by Crippen LogP contribution is -2.47. The number of carbonyl (C=O) groups is 2. The highest BCUT2D eigenvalue weighted by atomic mass is 35.5. The molecule has 2 aromatic rings. The fraction of sp³-hybridized carbons (Fsp3) is 0.364. The van der Waals surface area contributed by atoms with Gasteiger partial charge in [0.15, 0.2) is 0 Å². The molecular formula is C22H25ClN2O2S. The lowest BCUT2D eigenvalue weighted by Gasteiger charge is -2.39. The predicted molar refractivity (Wildman–Crippen MR) is 117 cm³/mol. The van der Waals surface area contributed by atoms with Crippen LogP contribution in [-0.4, -0.2) is 35.1 Å². The minimum absolute atomic E-state index is 0.0874. The minimum atomic E-state index is -0.235. The molecule has 1 aliphatic heterocycles. The Balaban J connectivity index is 1.93. The van der Waals surface area contributed by atoms with Gasteiger partial charge in [0, 0.05) is 22.0 Å². The Morgan fingerprint density at radius 1 is 1.07 bits per heavy atom. The summed E-state index contributed by atoms with van der Waals surface area (Å²) in [6.45, 7) is 4.15. The van der Waals surface area contributed by atoms with Gasteiger partial charge in [-0.1, -0.05) is 23.7 Å². The van der Waals surface area contributed by atoms with Gasteiger partial charge in [0.25, 0.3) is 11.8 Å². The maximum atomic E-state index is 13.3. The van der Waals surface area contributed by atoms with E-state index in [1.807, 2.05) is 29.4 Å². The molecule has 0 aliphatic carbocycles. The lowest BCUT2D eigenvalue weighted by molar-refractivity contribution is 0.0512. The molecule has 0 bridgehead atoms. The highest BCUT2D eigenvalue weighted by Crippen LogP contribution is 2.29. The number of anilines is 1. The van der Waals surface area contributed by atoms with Crippen molar-refractivity contribution in [2.75, 3.05) is 11.6 Å². The summed E-state index contributed by atoms with van der Waals surface area (Å²) >= 11 is 7.70. The highest BCUT2D eigenvalue weighted by molar-refractivity contribution is 7.98. The van der Waals surface area contributed by atoms with Crippen LogP contribution >= 0.6 is 23.4 Å². The first kappa shape index (κ1) is 20.7. The largest absolute Gasteiger partial charge is 0.333 e. The third-order valence-electron chi connectivity index (χ3n) is 5.24. The van der Waals surface area contributed by atoms with Gasteiger partial charge in [-0.15, -0.1) is 11.8 Å². The van der Waals surface area contributed by atoms with E-state index in [2.05, 4.69) is 19.2 Å². The van der Waals surface area contributed by atoms with E-state index in [9.17, 15) is 9.59 Å². The molecule has 2 atom stereocenters. The number of nitrogens with zero attached hydrogens (tertiary/aromatic N) is 1. The molecule has 4 nitrogen and oxygen atoms in total. The Kier molecular flexibility index (Phi) is 6.68. The van der Waals surface area contributed by atoms with Crippen LogP contribution in [0.2, 0.25) is 5.02 Å². The number of benzene rings is 2. The standard InChI is InChI=1S/C22H25ClN2O2S/c1-14-7-6-8-15(2)25(14)22(27)18-13-16(23)11-12-19(18)24-21(26)17-9-4-5-10-20(17)28-3/h4-5,9-15H,6-8H2,1-3H3,(H,24,26). The smallest absolute Gasteiger partial charge is 0.256 e. The van der Waals surface area contributed by atoms with Crippen LogP contribution in [0.4, 0.5) is 5.69 Å². The van der Waals surface area contributed by atoms with Crippen LogP contribution in [0.15, 0.2) is 47.4 Å². The molecule has 0 spiro atoms. The van der Waals surface area contributed by atoms with Crippen LogP contribution in [0.1, 0.15) is 53.8 Å². The molecule has 1 fully saturated rings. The zero-order valence-corrected chi connectivity index (χ0v) is 17.9. The summed E-state index contributed by atoms with van der Waals surface area (Å²) in [6.07, 6.45) is 5.03. The van der Waals surface area contributed by atoms with Crippen LogP contribution in [0.25, 0.3) is 0 Å². The van der Waals surface area contributed by atoms with E-state index in [1.165, 1.54) is 11.8 Å². The van der Waals surface area contributed by atoms with E-state index in [0.717, 1.165) is 24.2 Å². The summed E-state index contributed by atoms with van der Waals surface area (Å²) in [5.41, 5.74) is 1.51. The van der Waals surface area contributed by atoms with Crippen molar-refractivity contribution in [3.8, 4) is 0 Å². The monoisotopic (exact) mass is 416 g/mol. The average Bonchev–Trinajstić information content (AvgIpc) is 2.69. The number of likely N-dealkylation sites (tertiary alicyclic amines) is 1. The maximum Gasteiger partial charge on any atom is 0.256 e. The van der Waals surface area contributed by atoms with Crippen molar-refractivity contribution >= 4 is 40.9 Å². The first-order chi connectivity index (χ1) is 13.4. The number of hydrogen-bond acceptors (Lipinski definition) is 3. The van der Waals surface area contributed by atoms with Gasteiger partial charge in [-0.3, -0.25) is 9.59 Å². The number of carbonyl (C=O) groups excluding carboxylic acids is 2. The molecule has 3 rings (SSSR count). The number of rotatable bonds is 4. The summed E-state index contributed by atoms with van der Waals surface area (Å²) in [5, 5.41) is 3.40. The molecule has 0 radical (unpaired) electrons. The van der Waals surface area contributed by atoms with Crippen molar-refractivity contribution in [3.05, 3.63) is 58.6 Å². The number of piperidine rings is 1. The Hall–Kier alpha value is -1.98. The second-order valence-electron chi connectivity index (χ2n) is 7.19. The number of thioether (sulfide) groups is 1. The predicted octanol–water partition coefficient (Wildman–Crippen LogP) is 5.72. The van der Waals surface area contributed by atoms with Crippen LogP contribution in [-0.2, 0) is 0 Å². The molecule has 0 saturated carbocycles. The Morgan fingerprint density at radius 3 is 2.43 bits per heavy atom. The zero-order chi connectivity index (χ0) is 20.3. The van der Waals surface area contributed by atoms with Gasteiger partial charge in [-0.05, 0) is 69.7 Å². The fourth-order valence-electron chi connectivity index (χ4n) is 3.78. The van der Waals surface area contributed by atoms with E-state index in [0.29, 0.717) is 21.8 Å². The molecule has 2 aromatic carbocycles. The van der Waals surface area contributed by atoms with Gasteiger partial charge in [0.2, 0.25) is 0 Å². The summed E-state index contributed by atoms with van der Waals surface area (Å²) < 4.78 is 0. The normalized spacial score (nSPS) is 19.4. The van der Waals surface area contributed by atoms with Crippen molar-refractivity contribution in [1.82, 2.24) is 4.90 Å². The average molecular weight is 417 g/mol. The van der Waals surface area contributed by atoms with E-state index in [4.69, 9.17) is 11.6 Å². The summed E-state index contributed by atoms with van der Waals surface area (Å²) in [5.74, 6) is -0.322. The topological polar surface area (TPSA) is 49.4 Å². The molecule has 2 unspecified atom stereocenters. The number of hydrogen-bond donors (Lipinski definition) is 1. The molecule has 1 heterocycles. The van der Waals surface area contributed by atoms with Gasteiger partial charge >= 0.3 is 0 Å². The lowest BCUT2D eigenvalue weighted by atomic mass is 9.96. The van der Waals surface area contributed by atoms with Gasteiger partial charge in [-0.2, -0.15) is 0 Å². The van der Waals surface area contributed by atoms with Crippen LogP contribution in [0, 0.1) is 0 Å². The minimum Gasteiger partial charge on any atom is -0.333 e.